The molecule has 1 saturated heterocycles. The lowest BCUT2D eigenvalue weighted by atomic mass is 9.89. The lowest BCUT2D eigenvalue weighted by Crippen LogP contribution is -2.64. The molecular formula is C23H32N4O2. The lowest BCUT2D eigenvalue weighted by Gasteiger charge is -2.47. The van der Waals surface area contributed by atoms with Gasteiger partial charge < -0.3 is 14.2 Å². The molecule has 6 heteroatoms. The van der Waals surface area contributed by atoms with E-state index in [9.17, 15) is 4.79 Å². The molecule has 1 aliphatic carbocycles. The van der Waals surface area contributed by atoms with Crippen molar-refractivity contribution in [1.82, 2.24) is 19.4 Å². The topological polar surface area (TPSA) is 50.6 Å². The van der Waals surface area contributed by atoms with Gasteiger partial charge in [0.1, 0.15) is 11.4 Å². The van der Waals surface area contributed by atoms with Crippen LogP contribution >= 0.6 is 0 Å². The minimum Gasteiger partial charge on any atom is -0.373 e. The number of imidazole rings is 1. The highest BCUT2D eigenvalue weighted by atomic mass is 16.5. The number of amides is 1. The summed E-state index contributed by atoms with van der Waals surface area (Å²) in [7, 11) is 1.91. The molecule has 4 rings (SSSR count). The molecule has 29 heavy (non-hydrogen) atoms. The van der Waals surface area contributed by atoms with E-state index in [2.05, 4.69) is 59.5 Å². The molecule has 2 aliphatic rings. The first-order valence-corrected chi connectivity index (χ1v) is 10.7. The fourth-order valence-corrected chi connectivity index (χ4v) is 5.05. The van der Waals surface area contributed by atoms with Crippen LogP contribution in [0.3, 0.4) is 0 Å². The molecule has 2 heterocycles. The Morgan fingerprint density at radius 3 is 2.41 bits per heavy atom. The third-order valence-electron chi connectivity index (χ3n) is 6.37. The van der Waals surface area contributed by atoms with E-state index in [1.165, 1.54) is 11.1 Å². The Bertz CT molecular complexity index is 842. The average Bonchev–Trinajstić information content (AvgIpc) is 3.31. The number of carbonyl (C=O) groups is 1. The molecule has 2 atom stereocenters. The van der Waals surface area contributed by atoms with Gasteiger partial charge in [0.25, 0.3) is 0 Å². The Hall–Kier alpha value is -2.18. The number of ether oxygens (including phenoxy) is 1. The second kappa shape index (κ2) is 7.92. The van der Waals surface area contributed by atoms with Crippen molar-refractivity contribution in [3.05, 3.63) is 53.6 Å². The number of rotatable bonds is 5. The molecular weight excluding hydrogens is 364 g/mol. The van der Waals surface area contributed by atoms with Crippen molar-refractivity contribution in [3.8, 4) is 0 Å². The maximum absolute atomic E-state index is 14.0. The van der Waals surface area contributed by atoms with Crippen molar-refractivity contribution < 1.29 is 9.53 Å². The van der Waals surface area contributed by atoms with E-state index in [1.54, 1.807) is 0 Å². The highest BCUT2D eigenvalue weighted by molar-refractivity contribution is 5.88. The van der Waals surface area contributed by atoms with Gasteiger partial charge in [-0.3, -0.25) is 9.69 Å². The highest BCUT2D eigenvalue weighted by Gasteiger charge is 2.51. The predicted octanol–water partition coefficient (Wildman–Crippen LogP) is 2.51. The number of hydrogen-bond acceptors (Lipinski definition) is 4. The number of carbonyl (C=O) groups excluding carboxylic acids is 1. The summed E-state index contributed by atoms with van der Waals surface area (Å²) in [4.78, 5) is 22.7. The molecule has 1 aliphatic heterocycles. The minimum absolute atomic E-state index is 0.122. The van der Waals surface area contributed by atoms with Crippen LogP contribution in [0.5, 0.6) is 0 Å². The zero-order valence-electron chi connectivity index (χ0n) is 18.0. The molecule has 1 amide bonds. The number of aryl methyl sites for hydroxylation is 1. The van der Waals surface area contributed by atoms with Gasteiger partial charge >= 0.3 is 0 Å². The van der Waals surface area contributed by atoms with Crippen LogP contribution in [0.15, 0.2) is 36.7 Å². The third-order valence-corrected chi connectivity index (χ3v) is 6.37. The number of morpholine rings is 1. The summed E-state index contributed by atoms with van der Waals surface area (Å²) in [5.41, 5.74) is 2.03. The molecule has 6 nitrogen and oxygen atoms in total. The van der Waals surface area contributed by atoms with E-state index in [4.69, 9.17) is 4.74 Å². The van der Waals surface area contributed by atoms with Gasteiger partial charge in [-0.15, -0.1) is 0 Å². The number of fused-ring (bicyclic) bond motifs is 1. The van der Waals surface area contributed by atoms with Crippen molar-refractivity contribution in [2.75, 3.05) is 20.1 Å². The van der Waals surface area contributed by atoms with Gasteiger partial charge in [-0.05, 0) is 31.9 Å². The summed E-state index contributed by atoms with van der Waals surface area (Å²) < 4.78 is 8.07. The molecule has 2 aromatic rings. The molecule has 1 aromatic heterocycles. The molecule has 156 valence electrons. The molecule has 0 spiro atoms. The average molecular weight is 397 g/mol. The molecule has 0 N–H and O–H groups in total. The monoisotopic (exact) mass is 396 g/mol. The quantitative estimate of drug-likeness (QED) is 0.779. The van der Waals surface area contributed by atoms with Crippen LogP contribution in [0.25, 0.3) is 0 Å². The first-order chi connectivity index (χ1) is 13.9. The van der Waals surface area contributed by atoms with Crippen molar-refractivity contribution in [2.45, 2.75) is 64.4 Å². The van der Waals surface area contributed by atoms with Gasteiger partial charge in [0.15, 0.2) is 0 Å². The second-order valence-corrected chi connectivity index (χ2v) is 8.61. The standard InChI is InChI=1S/C23H32N4O2/c1-5-26-11-10-24-21(26)16-25(4)22(28)23(27-14-17(2)29-18(3)15-27)12-19-8-6-7-9-20(19)13-23/h6-11,17-18H,5,12-16H2,1-4H3/t17-,18+. The Morgan fingerprint density at radius 1 is 1.21 bits per heavy atom. The van der Waals surface area contributed by atoms with Crippen LogP contribution in [0, 0.1) is 0 Å². The van der Waals surface area contributed by atoms with Gasteiger partial charge in [0, 0.05) is 51.9 Å². The van der Waals surface area contributed by atoms with Gasteiger partial charge in [-0.2, -0.15) is 0 Å². The van der Waals surface area contributed by atoms with E-state index >= 15 is 0 Å². The van der Waals surface area contributed by atoms with Crippen LogP contribution in [-0.4, -0.2) is 63.1 Å². The summed E-state index contributed by atoms with van der Waals surface area (Å²) >= 11 is 0. The zero-order chi connectivity index (χ0) is 20.6. The maximum Gasteiger partial charge on any atom is 0.243 e. The van der Waals surface area contributed by atoms with E-state index < -0.39 is 5.54 Å². The third kappa shape index (κ3) is 3.71. The molecule has 0 unspecified atom stereocenters. The first-order valence-electron chi connectivity index (χ1n) is 10.7. The lowest BCUT2D eigenvalue weighted by molar-refractivity contribution is -0.153. The van der Waals surface area contributed by atoms with Gasteiger partial charge in [-0.25, -0.2) is 4.98 Å². The Kier molecular flexibility index (Phi) is 5.49. The fraction of sp³-hybridized carbons (Fsp3) is 0.565. The van der Waals surface area contributed by atoms with E-state index in [1.807, 2.05) is 24.3 Å². The number of nitrogens with zero attached hydrogens (tertiary/aromatic N) is 4. The minimum atomic E-state index is -0.547. The SMILES string of the molecule is CCn1ccnc1CN(C)C(=O)C1(N2C[C@@H](C)O[C@@H](C)C2)Cc2ccccc2C1. The van der Waals surface area contributed by atoms with Gasteiger partial charge in [0.05, 0.1) is 18.8 Å². The Morgan fingerprint density at radius 2 is 1.83 bits per heavy atom. The number of likely N-dealkylation sites (N-methyl/N-ethyl adjacent to an activating group) is 1. The molecule has 1 aromatic carbocycles. The Balaban J connectivity index is 1.64. The molecule has 0 saturated carbocycles. The largest absolute Gasteiger partial charge is 0.373 e. The smallest absolute Gasteiger partial charge is 0.243 e. The van der Waals surface area contributed by atoms with Crippen molar-refractivity contribution >= 4 is 5.91 Å². The fourth-order valence-electron chi connectivity index (χ4n) is 5.05. The van der Waals surface area contributed by atoms with E-state index in [-0.39, 0.29) is 18.1 Å². The summed E-state index contributed by atoms with van der Waals surface area (Å²) in [6.45, 7) is 9.23. The summed E-state index contributed by atoms with van der Waals surface area (Å²) in [6, 6.07) is 8.49. The maximum atomic E-state index is 14.0. The zero-order valence-corrected chi connectivity index (χ0v) is 18.0. The summed E-state index contributed by atoms with van der Waals surface area (Å²) in [5.74, 6) is 1.11. The van der Waals surface area contributed by atoms with Crippen LogP contribution in [0.2, 0.25) is 0 Å². The number of benzene rings is 1. The van der Waals surface area contributed by atoms with Crippen molar-refractivity contribution in [3.63, 3.8) is 0 Å². The Labute approximate surface area is 173 Å². The molecule has 0 bridgehead atoms. The van der Waals surface area contributed by atoms with Crippen molar-refractivity contribution in [2.24, 2.45) is 0 Å². The van der Waals surface area contributed by atoms with Crippen LogP contribution in [-0.2, 0) is 35.5 Å². The van der Waals surface area contributed by atoms with Crippen LogP contribution < -0.4 is 0 Å². The van der Waals surface area contributed by atoms with Gasteiger partial charge in [0.2, 0.25) is 5.91 Å². The van der Waals surface area contributed by atoms with E-state index in [0.29, 0.717) is 6.54 Å². The highest BCUT2D eigenvalue weighted by Crippen LogP contribution is 2.38. The predicted molar refractivity (Wildman–Crippen MR) is 113 cm³/mol. The summed E-state index contributed by atoms with van der Waals surface area (Å²) in [5, 5.41) is 0. The molecule has 0 radical (unpaired) electrons. The number of aromatic nitrogens is 2. The van der Waals surface area contributed by atoms with E-state index in [0.717, 1.165) is 38.3 Å². The first kappa shape index (κ1) is 20.1. The van der Waals surface area contributed by atoms with Crippen LogP contribution in [0.1, 0.15) is 37.7 Å². The second-order valence-electron chi connectivity index (χ2n) is 8.61. The summed E-state index contributed by atoms with van der Waals surface area (Å²) in [6.07, 6.45) is 5.54. The molecule has 1 fully saturated rings. The number of hydrogen-bond donors (Lipinski definition) is 0. The van der Waals surface area contributed by atoms with Crippen molar-refractivity contribution in [1.29, 1.82) is 0 Å². The normalized spacial score (nSPS) is 23.7. The van der Waals surface area contributed by atoms with Gasteiger partial charge in [-0.1, -0.05) is 24.3 Å². The van der Waals surface area contributed by atoms with Crippen LogP contribution in [0.4, 0.5) is 0 Å².